The molecule has 1 aliphatic heterocycles. The molecule has 0 aliphatic carbocycles. The van der Waals surface area contributed by atoms with Gasteiger partial charge in [0, 0.05) is 19.1 Å². The highest BCUT2D eigenvalue weighted by atomic mass is 16.6. The topological polar surface area (TPSA) is 41.6 Å². The highest BCUT2D eigenvalue weighted by Crippen LogP contribution is 2.16. The number of amides is 1. The van der Waals surface area contributed by atoms with Crippen LogP contribution < -0.4 is 5.32 Å². The summed E-state index contributed by atoms with van der Waals surface area (Å²) in [7, 11) is 0. The van der Waals surface area contributed by atoms with Gasteiger partial charge in [-0.3, -0.25) is 0 Å². The number of nitrogens with one attached hydrogen (secondary N) is 1. The molecule has 4 nitrogen and oxygen atoms in total. The van der Waals surface area contributed by atoms with Crippen molar-refractivity contribution in [1.29, 1.82) is 0 Å². The number of carbonyl (C=O) groups is 1. The molecule has 1 aliphatic rings. The van der Waals surface area contributed by atoms with E-state index in [0.717, 1.165) is 45.2 Å². The smallest absolute Gasteiger partial charge is 0.410 e. The lowest BCUT2D eigenvalue weighted by Crippen LogP contribution is -2.40. The quantitative estimate of drug-likeness (QED) is 0.810. The summed E-state index contributed by atoms with van der Waals surface area (Å²) in [5.41, 5.74) is -0.434. The first-order valence-electron chi connectivity index (χ1n) is 8.05. The highest BCUT2D eigenvalue weighted by Gasteiger charge is 2.25. The van der Waals surface area contributed by atoms with Crippen LogP contribution in [-0.2, 0) is 4.74 Å². The van der Waals surface area contributed by atoms with Gasteiger partial charge in [0.15, 0.2) is 0 Å². The zero-order chi connectivity index (χ0) is 15.9. The predicted octanol–water partition coefficient (Wildman–Crippen LogP) is 3.17. The molecule has 0 radical (unpaired) electrons. The molecule has 1 saturated heterocycles. The number of hydrogen-bond acceptors (Lipinski definition) is 3. The molecule has 0 spiro atoms. The van der Waals surface area contributed by atoms with Crippen LogP contribution in [0.25, 0.3) is 0 Å². The van der Waals surface area contributed by atoms with Gasteiger partial charge in [-0.25, -0.2) is 4.79 Å². The fraction of sp³-hybridized carbons (Fsp3) is 0.824. The third-order valence-electron chi connectivity index (χ3n) is 3.60. The molecular formula is C17H30N2O2. The SMILES string of the molecule is C#CC(CCC)NC1CCCN(C(=O)OC(C)(C)C)CC1. The first kappa shape index (κ1) is 17.8. The summed E-state index contributed by atoms with van der Waals surface area (Å²) in [6, 6.07) is 0.540. The second-order valence-corrected chi connectivity index (χ2v) is 6.77. The summed E-state index contributed by atoms with van der Waals surface area (Å²) in [5.74, 6) is 2.82. The minimum absolute atomic E-state index is 0.146. The number of terminal acetylenes is 1. The monoisotopic (exact) mass is 294 g/mol. The van der Waals surface area contributed by atoms with Crippen molar-refractivity contribution in [3.63, 3.8) is 0 Å². The number of rotatable bonds is 4. The van der Waals surface area contributed by atoms with E-state index in [0.29, 0.717) is 6.04 Å². The molecule has 2 unspecified atom stereocenters. The van der Waals surface area contributed by atoms with Crippen molar-refractivity contribution in [3.8, 4) is 12.3 Å². The first-order chi connectivity index (χ1) is 9.85. The molecule has 0 aromatic heterocycles. The minimum atomic E-state index is -0.434. The van der Waals surface area contributed by atoms with Crippen LogP contribution in [0.4, 0.5) is 4.79 Å². The van der Waals surface area contributed by atoms with Gasteiger partial charge < -0.3 is 15.0 Å². The molecular weight excluding hydrogens is 264 g/mol. The van der Waals surface area contributed by atoms with Crippen LogP contribution in [0, 0.1) is 12.3 Å². The van der Waals surface area contributed by atoms with E-state index in [2.05, 4.69) is 18.2 Å². The van der Waals surface area contributed by atoms with Crippen LogP contribution >= 0.6 is 0 Å². The third-order valence-corrected chi connectivity index (χ3v) is 3.60. The average Bonchev–Trinajstić information content (AvgIpc) is 2.62. The predicted molar refractivity (Wildman–Crippen MR) is 86.1 cm³/mol. The Bertz CT molecular complexity index is 368. The lowest BCUT2D eigenvalue weighted by atomic mass is 10.1. The van der Waals surface area contributed by atoms with E-state index in [-0.39, 0.29) is 12.1 Å². The molecule has 1 fully saturated rings. The molecule has 0 aromatic carbocycles. The van der Waals surface area contributed by atoms with Gasteiger partial charge in [0.25, 0.3) is 0 Å². The second kappa shape index (κ2) is 8.29. The maximum Gasteiger partial charge on any atom is 0.410 e. The summed E-state index contributed by atoms with van der Waals surface area (Å²) in [4.78, 5) is 13.9. The number of hydrogen-bond donors (Lipinski definition) is 1. The number of carbonyl (C=O) groups excluding carboxylic acids is 1. The largest absolute Gasteiger partial charge is 0.444 e. The summed E-state index contributed by atoms with van der Waals surface area (Å²) in [6.07, 6.45) is 10.4. The Balaban J connectivity index is 2.47. The fourth-order valence-electron chi connectivity index (χ4n) is 2.56. The molecule has 1 N–H and O–H groups in total. The van der Waals surface area contributed by atoms with Crippen molar-refractivity contribution >= 4 is 6.09 Å². The standard InChI is InChI=1S/C17H30N2O2/c1-6-9-14(7-2)18-15-10-8-12-19(13-11-15)16(20)21-17(3,4)5/h2,14-15,18H,6,8-13H2,1,3-5H3. The normalized spacial score (nSPS) is 21.3. The Morgan fingerprint density at radius 2 is 2.14 bits per heavy atom. The summed E-state index contributed by atoms with van der Waals surface area (Å²) < 4.78 is 5.44. The highest BCUT2D eigenvalue weighted by molar-refractivity contribution is 5.68. The van der Waals surface area contributed by atoms with E-state index >= 15 is 0 Å². The maximum absolute atomic E-state index is 12.1. The summed E-state index contributed by atoms with van der Waals surface area (Å²) >= 11 is 0. The molecule has 120 valence electrons. The van der Waals surface area contributed by atoms with Gasteiger partial charge in [-0.2, -0.15) is 0 Å². The fourth-order valence-corrected chi connectivity index (χ4v) is 2.56. The average molecular weight is 294 g/mol. The van der Waals surface area contributed by atoms with Crippen molar-refractivity contribution in [1.82, 2.24) is 10.2 Å². The van der Waals surface area contributed by atoms with Crippen molar-refractivity contribution in [2.45, 2.75) is 77.5 Å². The van der Waals surface area contributed by atoms with Gasteiger partial charge in [0.2, 0.25) is 0 Å². The van der Waals surface area contributed by atoms with Crippen molar-refractivity contribution in [3.05, 3.63) is 0 Å². The molecule has 0 bridgehead atoms. The van der Waals surface area contributed by atoms with Crippen LogP contribution in [0.3, 0.4) is 0 Å². The molecule has 4 heteroatoms. The molecule has 1 heterocycles. The Labute approximate surface area is 129 Å². The second-order valence-electron chi connectivity index (χ2n) is 6.77. The maximum atomic E-state index is 12.1. The summed E-state index contributed by atoms with van der Waals surface area (Å²) in [6.45, 7) is 9.33. The minimum Gasteiger partial charge on any atom is -0.444 e. The van der Waals surface area contributed by atoms with Crippen LogP contribution in [-0.4, -0.2) is 41.8 Å². The van der Waals surface area contributed by atoms with Crippen molar-refractivity contribution in [2.75, 3.05) is 13.1 Å². The van der Waals surface area contributed by atoms with Crippen molar-refractivity contribution < 1.29 is 9.53 Å². The van der Waals surface area contributed by atoms with Gasteiger partial charge in [-0.05, 0) is 46.5 Å². The molecule has 21 heavy (non-hydrogen) atoms. The molecule has 1 amide bonds. The van der Waals surface area contributed by atoms with E-state index in [1.165, 1.54) is 0 Å². The molecule has 0 aromatic rings. The lowest BCUT2D eigenvalue weighted by Gasteiger charge is -2.26. The number of likely N-dealkylation sites (tertiary alicyclic amines) is 1. The van der Waals surface area contributed by atoms with Crippen molar-refractivity contribution in [2.24, 2.45) is 0 Å². The van der Waals surface area contributed by atoms with Gasteiger partial charge in [-0.1, -0.05) is 19.3 Å². The third kappa shape index (κ3) is 6.86. The van der Waals surface area contributed by atoms with E-state index in [9.17, 15) is 4.79 Å². The Morgan fingerprint density at radius 1 is 1.43 bits per heavy atom. The van der Waals surface area contributed by atoms with Crippen LogP contribution in [0.15, 0.2) is 0 Å². The Morgan fingerprint density at radius 3 is 2.71 bits per heavy atom. The molecule has 0 saturated carbocycles. The van der Waals surface area contributed by atoms with Gasteiger partial charge in [0.05, 0.1) is 6.04 Å². The lowest BCUT2D eigenvalue weighted by molar-refractivity contribution is 0.0256. The van der Waals surface area contributed by atoms with E-state index in [4.69, 9.17) is 11.2 Å². The van der Waals surface area contributed by atoms with E-state index in [1.54, 1.807) is 0 Å². The van der Waals surface area contributed by atoms with Crippen LogP contribution in [0.1, 0.15) is 59.8 Å². The zero-order valence-electron chi connectivity index (χ0n) is 13.9. The Hall–Kier alpha value is -1.21. The molecule has 2 atom stereocenters. The summed E-state index contributed by atoms with van der Waals surface area (Å²) in [5, 5.41) is 3.54. The first-order valence-corrected chi connectivity index (χ1v) is 8.05. The van der Waals surface area contributed by atoms with Gasteiger partial charge in [0.1, 0.15) is 5.60 Å². The number of ether oxygens (including phenoxy) is 1. The molecule has 1 rings (SSSR count). The van der Waals surface area contributed by atoms with E-state index < -0.39 is 5.60 Å². The zero-order valence-corrected chi connectivity index (χ0v) is 13.9. The number of nitrogens with zero attached hydrogens (tertiary/aromatic N) is 1. The van der Waals surface area contributed by atoms with E-state index in [1.807, 2.05) is 25.7 Å². The van der Waals surface area contributed by atoms with Crippen LogP contribution in [0.5, 0.6) is 0 Å². The van der Waals surface area contributed by atoms with Crippen LogP contribution in [0.2, 0.25) is 0 Å². The van der Waals surface area contributed by atoms with Gasteiger partial charge >= 0.3 is 6.09 Å². The Kier molecular flexibility index (Phi) is 7.04. The van der Waals surface area contributed by atoms with Gasteiger partial charge in [-0.15, -0.1) is 6.42 Å².